The number of hydrogen-bond acceptors (Lipinski definition) is 2. The first kappa shape index (κ1) is 11.0. The Bertz CT molecular complexity index is 175. The van der Waals surface area contributed by atoms with Gasteiger partial charge in [0.1, 0.15) is 10.7 Å². The van der Waals surface area contributed by atoms with Crippen LogP contribution < -0.4 is 0 Å². The Labute approximate surface area is 71.0 Å². The molecule has 0 aromatic heterocycles. The summed E-state index contributed by atoms with van der Waals surface area (Å²) in [5.74, 6) is 0.574. The standard InChI is InChI=1S/C8H18O2S/c1-5-8(3,4)7(2)6-11(9)10/h7,11H,5-6H2,1-4H3. The average molecular weight is 178 g/mol. The predicted octanol–water partition coefficient (Wildman–Crippen LogP) is 1.67. The van der Waals surface area contributed by atoms with Gasteiger partial charge in [0, 0.05) is 0 Å². The van der Waals surface area contributed by atoms with Crippen LogP contribution >= 0.6 is 0 Å². The molecule has 0 N–H and O–H groups in total. The molecule has 0 aromatic carbocycles. The topological polar surface area (TPSA) is 34.1 Å². The molecule has 0 amide bonds. The summed E-state index contributed by atoms with van der Waals surface area (Å²) >= 11 is 0. The highest BCUT2D eigenvalue weighted by Crippen LogP contribution is 2.29. The van der Waals surface area contributed by atoms with Crippen molar-refractivity contribution in [1.82, 2.24) is 0 Å². The van der Waals surface area contributed by atoms with Gasteiger partial charge in [-0.1, -0.05) is 34.1 Å². The van der Waals surface area contributed by atoms with Crippen LogP contribution in [0.3, 0.4) is 0 Å². The van der Waals surface area contributed by atoms with E-state index in [2.05, 4.69) is 20.8 Å². The third kappa shape index (κ3) is 3.75. The minimum atomic E-state index is -2.21. The third-order valence-electron chi connectivity index (χ3n) is 2.67. The molecule has 0 radical (unpaired) electrons. The second-order valence-corrected chi connectivity index (χ2v) is 4.79. The van der Waals surface area contributed by atoms with Gasteiger partial charge < -0.3 is 0 Å². The van der Waals surface area contributed by atoms with E-state index in [1.54, 1.807) is 0 Å². The molecule has 0 saturated carbocycles. The molecule has 0 aliphatic rings. The highest BCUT2D eigenvalue weighted by Gasteiger charge is 2.23. The Morgan fingerprint density at radius 2 is 1.82 bits per heavy atom. The van der Waals surface area contributed by atoms with Gasteiger partial charge in [-0.15, -0.1) is 0 Å². The molecule has 3 heteroatoms. The van der Waals surface area contributed by atoms with Crippen LogP contribution in [0.2, 0.25) is 0 Å². The summed E-state index contributed by atoms with van der Waals surface area (Å²) in [5.41, 5.74) is 0.148. The van der Waals surface area contributed by atoms with E-state index in [-0.39, 0.29) is 11.3 Å². The van der Waals surface area contributed by atoms with Crippen LogP contribution in [0.5, 0.6) is 0 Å². The van der Waals surface area contributed by atoms with Crippen molar-refractivity contribution in [3.05, 3.63) is 0 Å². The van der Waals surface area contributed by atoms with Gasteiger partial charge in [-0.25, -0.2) is 8.42 Å². The molecule has 68 valence electrons. The van der Waals surface area contributed by atoms with Gasteiger partial charge in [0.2, 0.25) is 0 Å². The van der Waals surface area contributed by atoms with Crippen molar-refractivity contribution in [3.63, 3.8) is 0 Å². The first-order valence-electron chi connectivity index (χ1n) is 4.02. The Morgan fingerprint density at radius 3 is 2.09 bits per heavy atom. The second kappa shape index (κ2) is 4.10. The SMILES string of the molecule is CCC(C)(C)C(C)C[SH](=O)=O. The predicted molar refractivity (Wildman–Crippen MR) is 48.4 cm³/mol. The van der Waals surface area contributed by atoms with Crippen molar-refractivity contribution in [2.24, 2.45) is 11.3 Å². The number of rotatable bonds is 4. The lowest BCUT2D eigenvalue weighted by atomic mass is 9.79. The maximum absolute atomic E-state index is 10.4. The normalized spacial score (nSPS) is 15.4. The molecule has 0 fully saturated rings. The first-order valence-corrected chi connectivity index (χ1v) is 5.38. The maximum Gasteiger partial charge on any atom is 0.140 e. The fourth-order valence-corrected chi connectivity index (χ4v) is 1.76. The van der Waals surface area contributed by atoms with Crippen LogP contribution in [-0.4, -0.2) is 14.2 Å². The highest BCUT2D eigenvalue weighted by molar-refractivity contribution is 7.72. The van der Waals surface area contributed by atoms with Crippen LogP contribution in [0.1, 0.15) is 34.1 Å². The van der Waals surface area contributed by atoms with Crippen molar-refractivity contribution in [3.8, 4) is 0 Å². The van der Waals surface area contributed by atoms with Gasteiger partial charge in [-0.3, -0.25) is 0 Å². The van der Waals surface area contributed by atoms with E-state index in [9.17, 15) is 8.42 Å². The Morgan fingerprint density at radius 1 is 1.36 bits per heavy atom. The Hall–Kier alpha value is -0.0500. The summed E-state index contributed by atoms with van der Waals surface area (Å²) < 4.78 is 20.8. The Balaban J connectivity index is 4.11. The van der Waals surface area contributed by atoms with E-state index in [1.807, 2.05) is 6.92 Å². The molecule has 0 aromatic rings. The van der Waals surface area contributed by atoms with Crippen LogP contribution in [0, 0.1) is 11.3 Å². The first-order chi connectivity index (χ1) is 4.90. The minimum absolute atomic E-state index is 0.148. The second-order valence-electron chi connectivity index (χ2n) is 3.76. The quantitative estimate of drug-likeness (QED) is 0.664. The van der Waals surface area contributed by atoms with E-state index in [0.29, 0.717) is 5.75 Å². The van der Waals surface area contributed by atoms with Crippen molar-refractivity contribution < 1.29 is 8.42 Å². The molecule has 0 bridgehead atoms. The van der Waals surface area contributed by atoms with E-state index < -0.39 is 10.7 Å². The molecule has 0 aliphatic heterocycles. The van der Waals surface area contributed by atoms with Crippen LogP contribution in [-0.2, 0) is 10.7 Å². The van der Waals surface area contributed by atoms with Gasteiger partial charge in [0.05, 0.1) is 5.75 Å². The van der Waals surface area contributed by atoms with Crippen molar-refractivity contribution in [1.29, 1.82) is 0 Å². The molecule has 0 rings (SSSR count). The van der Waals surface area contributed by atoms with E-state index >= 15 is 0 Å². The van der Waals surface area contributed by atoms with Gasteiger partial charge >= 0.3 is 0 Å². The summed E-state index contributed by atoms with van der Waals surface area (Å²) in [5, 5.41) is 0. The fraction of sp³-hybridized carbons (Fsp3) is 1.00. The monoisotopic (exact) mass is 178 g/mol. The number of hydrogen-bond donors (Lipinski definition) is 1. The minimum Gasteiger partial charge on any atom is -0.232 e. The van der Waals surface area contributed by atoms with Crippen molar-refractivity contribution in [2.75, 3.05) is 5.75 Å². The lowest BCUT2D eigenvalue weighted by molar-refractivity contribution is 0.242. The van der Waals surface area contributed by atoms with Gasteiger partial charge in [-0.05, 0) is 11.3 Å². The molecule has 2 nitrogen and oxygen atoms in total. The molecule has 1 unspecified atom stereocenters. The van der Waals surface area contributed by atoms with Gasteiger partial charge in [0.15, 0.2) is 0 Å². The summed E-state index contributed by atoms with van der Waals surface area (Å²) in [4.78, 5) is 0. The van der Waals surface area contributed by atoms with E-state index in [1.165, 1.54) is 0 Å². The lowest BCUT2D eigenvalue weighted by Crippen LogP contribution is -2.24. The van der Waals surface area contributed by atoms with Crippen molar-refractivity contribution >= 4 is 10.7 Å². The Kier molecular flexibility index (Phi) is 4.08. The zero-order chi connectivity index (χ0) is 9.07. The molecule has 0 aliphatic carbocycles. The summed E-state index contributed by atoms with van der Waals surface area (Å²) in [6.45, 7) is 8.30. The summed E-state index contributed by atoms with van der Waals surface area (Å²) in [7, 11) is -2.21. The van der Waals surface area contributed by atoms with E-state index in [0.717, 1.165) is 6.42 Å². The van der Waals surface area contributed by atoms with Crippen LogP contribution in [0.15, 0.2) is 0 Å². The molecule has 0 spiro atoms. The van der Waals surface area contributed by atoms with Crippen molar-refractivity contribution in [2.45, 2.75) is 34.1 Å². The number of thiol groups is 1. The zero-order valence-corrected chi connectivity index (χ0v) is 8.65. The van der Waals surface area contributed by atoms with Gasteiger partial charge in [0.25, 0.3) is 0 Å². The maximum atomic E-state index is 10.4. The molecule has 1 atom stereocenters. The van der Waals surface area contributed by atoms with Gasteiger partial charge in [-0.2, -0.15) is 0 Å². The largest absolute Gasteiger partial charge is 0.232 e. The highest BCUT2D eigenvalue weighted by atomic mass is 32.2. The van der Waals surface area contributed by atoms with Crippen LogP contribution in [0.4, 0.5) is 0 Å². The lowest BCUT2D eigenvalue weighted by Gasteiger charge is -2.28. The average Bonchev–Trinajstić information content (AvgIpc) is 1.86. The molecular weight excluding hydrogens is 160 g/mol. The summed E-state index contributed by atoms with van der Waals surface area (Å²) in [6, 6.07) is 0. The fourth-order valence-electron chi connectivity index (χ4n) is 0.819. The van der Waals surface area contributed by atoms with Crippen LogP contribution in [0.25, 0.3) is 0 Å². The molecular formula is C8H18O2S. The third-order valence-corrected chi connectivity index (χ3v) is 3.51. The molecule has 0 heterocycles. The summed E-state index contributed by atoms with van der Waals surface area (Å²) in [6.07, 6.45) is 1.03. The molecule has 11 heavy (non-hydrogen) atoms. The van der Waals surface area contributed by atoms with E-state index in [4.69, 9.17) is 0 Å². The zero-order valence-electron chi connectivity index (χ0n) is 7.76. The smallest absolute Gasteiger partial charge is 0.140 e. The molecule has 0 saturated heterocycles.